The number of nitrogens with zero attached hydrogens (tertiary/aromatic N) is 2. The zero-order chi connectivity index (χ0) is 8.81. The number of ether oxygens (including phenoxy) is 1. The van der Waals surface area contributed by atoms with Crippen molar-refractivity contribution < 1.29 is 9.53 Å². The average Bonchev–Trinajstić information content (AvgIpc) is 2.16. The van der Waals surface area contributed by atoms with Crippen LogP contribution in [0.5, 0.6) is 0 Å². The van der Waals surface area contributed by atoms with E-state index in [1.54, 1.807) is 0 Å². The van der Waals surface area contributed by atoms with E-state index in [0.717, 1.165) is 0 Å². The van der Waals surface area contributed by atoms with Crippen molar-refractivity contribution >= 4 is 11.9 Å². The highest BCUT2D eigenvalue weighted by Crippen LogP contribution is 1.93. The van der Waals surface area contributed by atoms with Crippen LogP contribution in [-0.2, 0) is 4.74 Å². The maximum absolute atomic E-state index is 10.5. The summed E-state index contributed by atoms with van der Waals surface area (Å²) in [6, 6.07) is 0. The van der Waals surface area contributed by atoms with Gasteiger partial charge in [0.1, 0.15) is 0 Å². The number of rotatable bonds is 2. The molecule has 0 unspecified atom stereocenters. The van der Waals surface area contributed by atoms with E-state index in [0.29, 0.717) is 5.82 Å². The zero-order valence-corrected chi connectivity index (χ0v) is 6.44. The Labute approximate surface area is 68.9 Å². The van der Waals surface area contributed by atoms with Crippen molar-refractivity contribution in [2.24, 2.45) is 0 Å². The molecular formula is C6H8N4O2. The number of carbonyl (C=O) groups is 1. The second-order valence-corrected chi connectivity index (χ2v) is 1.83. The zero-order valence-electron chi connectivity index (χ0n) is 6.44. The SMILES string of the molecule is COC(=O)NNc1cnccn1. The van der Waals surface area contributed by atoms with Crippen LogP contribution in [0.4, 0.5) is 10.6 Å². The first kappa shape index (κ1) is 8.25. The summed E-state index contributed by atoms with van der Waals surface area (Å²) < 4.78 is 4.31. The Morgan fingerprint density at radius 1 is 1.58 bits per heavy atom. The van der Waals surface area contributed by atoms with Crippen molar-refractivity contribution in [3.05, 3.63) is 18.6 Å². The van der Waals surface area contributed by atoms with Gasteiger partial charge in [-0.05, 0) is 0 Å². The van der Waals surface area contributed by atoms with Gasteiger partial charge in [0.05, 0.1) is 13.3 Å². The molecule has 0 saturated heterocycles. The monoisotopic (exact) mass is 168 g/mol. The molecule has 6 nitrogen and oxygen atoms in total. The summed E-state index contributed by atoms with van der Waals surface area (Å²) in [6.45, 7) is 0. The molecule has 0 saturated carbocycles. The lowest BCUT2D eigenvalue weighted by Gasteiger charge is -2.04. The molecule has 1 amide bonds. The number of aromatic nitrogens is 2. The quantitative estimate of drug-likeness (QED) is 0.615. The lowest BCUT2D eigenvalue weighted by atomic mass is 10.7. The smallest absolute Gasteiger partial charge is 0.425 e. The van der Waals surface area contributed by atoms with Crippen LogP contribution in [0, 0.1) is 0 Å². The standard InChI is InChI=1S/C6H8N4O2/c1-12-6(11)10-9-5-4-7-2-3-8-5/h2-4H,1H3,(H,8,9)(H,10,11). The lowest BCUT2D eigenvalue weighted by molar-refractivity contribution is 0.173. The Morgan fingerprint density at radius 2 is 2.42 bits per heavy atom. The molecule has 0 spiro atoms. The fourth-order valence-electron chi connectivity index (χ4n) is 0.530. The molecule has 0 aliphatic carbocycles. The van der Waals surface area contributed by atoms with Crippen molar-refractivity contribution in [1.29, 1.82) is 0 Å². The van der Waals surface area contributed by atoms with Crippen LogP contribution < -0.4 is 10.9 Å². The predicted octanol–water partition coefficient (Wildman–Crippen LogP) is 0.159. The van der Waals surface area contributed by atoms with Crippen molar-refractivity contribution in [2.75, 3.05) is 12.5 Å². The minimum absolute atomic E-state index is 0.447. The molecule has 1 aromatic rings. The van der Waals surface area contributed by atoms with Crippen LogP contribution in [0.2, 0.25) is 0 Å². The minimum atomic E-state index is -0.583. The molecule has 12 heavy (non-hydrogen) atoms. The summed E-state index contributed by atoms with van der Waals surface area (Å²) in [5, 5.41) is 0. The van der Waals surface area contributed by atoms with E-state index in [1.165, 1.54) is 25.7 Å². The first-order valence-electron chi connectivity index (χ1n) is 3.19. The van der Waals surface area contributed by atoms with Crippen LogP contribution in [0.1, 0.15) is 0 Å². The van der Waals surface area contributed by atoms with Gasteiger partial charge in [0, 0.05) is 12.4 Å². The fraction of sp³-hybridized carbons (Fsp3) is 0.167. The second-order valence-electron chi connectivity index (χ2n) is 1.83. The number of carbonyl (C=O) groups excluding carboxylic acids is 1. The average molecular weight is 168 g/mol. The van der Waals surface area contributed by atoms with E-state index >= 15 is 0 Å². The summed E-state index contributed by atoms with van der Waals surface area (Å²) in [5.74, 6) is 0.447. The Bertz CT molecular complexity index is 251. The molecule has 6 heteroatoms. The Balaban J connectivity index is 2.38. The van der Waals surface area contributed by atoms with Gasteiger partial charge in [-0.3, -0.25) is 10.4 Å². The van der Waals surface area contributed by atoms with Gasteiger partial charge in [-0.15, -0.1) is 0 Å². The number of hydrogen-bond donors (Lipinski definition) is 2. The molecule has 0 aromatic carbocycles. The topological polar surface area (TPSA) is 76.1 Å². The van der Waals surface area contributed by atoms with E-state index in [1.807, 2.05) is 0 Å². The molecule has 1 heterocycles. The summed E-state index contributed by atoms with van der Waals surface area (Å²) >= 11 is 0. The Hall–Kier alpha value is -1.85. The van der Waals surface area contributed by atoms with Crippen LogP contribution in [-0.4, -0.2) is 23.2 Å². The van der Waals surface area contributed by atoms with E-state index in [9.17, 15) is 4.79 Å². The summed E-state index contributed by atoms with van der Waals surface area (Å²) in [5.41, 5.74) is 4.73. The summed E-state index contributed by atoms with van der Waals surface area (Å²) in [4.78, 5) is 18.2. The van der Waals surface area contributed by atoms with Crippen LogP contribution >= 0.6 is 0 Å². The van der Waals surface area contributed by atoms with Crippen molar-refractivity contribution in [3.63, 3.8) is 0 Å². The first-order valence-corrected chi connectivity index (χ1v) is 3.19. The van der Waals surface area contributed by atoms with Gasteiger partial charge in [-0.25, -0.2) is 15.2 Å². The van der Waals surface area contributed by atoms with Crippen molar-refractivity contribution in [2.45, 2.75) is 0 Å². The fourth-order valence-corrected chi connectivity index (χ4v) is 0.530. The van der Waals surface area contributed by atoms with Gasteiger partial charge in [0.15, 0.2) is 5.82 Å². The third-order valence-corrected chi connectivity index (χ3v) is 1.04. The van der Waals surface area contributed by atoms with Gasteiger partial charge in [-0.1, -0.05) is 0 Å². The molecule has 0 fully saturated rings. The van der Waals surface area contributed by atoms with Crippen LogP contribution in [0.25, 0.3) is 0 Å². The van der Waals surface area contributed by atoms with Crippen LogP contribution in [0.15, 0.2) is 18.6 Å². The largest absolute Gasteiger partial charge is 0.452 e. The normalized spacial score (nSPS) is 8.75. The summed E-state index contributed by atoms with van der Waals surface area (Å²) in [6.07, 6.45) is 3.92. The third kappa shape index (κ3) is 2.41. The molecule has 64 valence electrons. The number of hydrogen-bond acceptors (Lipinski definition) is 5. The first-order chi connectivity index (χ1) is 5.83. The van der Waals surface area contributed by atoms with Gasteiger partial charge in [0.25, 0.3) is 0 Å². The molecule has 0 bridgehead atoms. The number of methoxy groups -OCH3 is 1. The predicted molar refractivity (Wildman–Crippen MR) is 41.2 cm³/mol. The molecule has 1 rings (SSSR count). The molecule has 0 atom stereocenters. The van der Waals surface area contributed by atoms with Crippen molar-refractivity contribution in [1.82, 2.24) is 15.4 Å². The van der Waals surface area contributed by atoms with E-state index in [-0.39, 0.29) is 0 Å². The number of nitrogens with one attached hydrogen (secondary N) is 2. The molecule has 1 aromatic heterocycles. The number of anilines is 1. The highest BCUT2D eigenvalue weighted by Gasteiger charge is 1.96. The molecule has 0 radical (unpaired) electrons. The van der Waals surface area contributed by atoms with E-state index < -0.39 is 6.09 Å². The highest BCUT2D eigenvalue weighted by molar-refractivity contribution is 5.68. The number of hydrazine groups is 1. The lowest BCUT2D eigenvalue weighted by Crippen LogP contribution is -2.29. The van der Waals surface area contributed by atoms with Crippen LogP contribution in [0.3, 0.4) is 0 Å². The van der Waals surface area contributed by atoms with Gasteiger partial charge in [-0.2, -0.15) is 0 Å². The maximum atomic E-state index is 10.5. The van der Waals surface area contributed by atoms with Gasteiger partial charge < -0.3 is 4.74 Å². The highest BCUT2D eigenvalue weighted by atomic mass is 16.5. The minimum Gasteiger partial charge on any atom is -0.452 e. The molecule has 0 aliphatic heterocycles. The molecular weight excluding hydrogens is 160 g/mol. The Kier molecular flexibility index (Phi) is 2.83. The second kappa shape index (κ2) is 4.12. The molecule has 0 aliphatic rings. The van der Waals surface area contributed by atoms with E-state index in [2.05, 4.69) is 25.6 Å². The van der Waals surface area contributed by atoms with Gasteiger partial charge >= 0.3 is 6.09 Å². The summed E-state index contributed by atoms with van der Waals surface area (Å²) in [7, 11) is 1.27. The maximum Gasteiger partial charge on any atom is 0.425 e. The number of amides is 1. The van der Waals surface area contributed by atoms with Gasteiger partial charge in [0.2, 0.25) is 0 Å². The Morgan fingerprint density at radius 3 is 3.00 bits per heavy atom. The molecule has 2 N–H and O–H groups in total. The third-order valence-electron chi connectivity index (χ3n) is 1.04. The van der Waals surface area contributed by atoms with E-state index in [4.69, 9.17) is 0 Å². The van der Waals surface area contributed by atoms with Crippen molar-refractivity contribution in [3.8, 4) is 0 Å².